The third-order valence-corrected chi connectivity index (χ3v) is 8.51. The van der Waals surface area contributed by atoms with Crippen molar-refractivity contribution in [1.29, 1.82) is 0 Å². The monoisotopic (exact) mass is 581 g/mol. The normalized spacial score (nSPS) is 12.6. The van der Waals surface area contributed by atoms with E-state index in [0.29, 0.717) is 23.8 Å². The van der Waals surface area contributed by atoms with Crippen LogP contribution in [0.25, 0.3) is 0 Å². The highest BCUT2D eigenvalue weighted by Crippen LogP contribution is 2.26. The van der Waals surface area contributed by atoms with Crippen molar-refractivity contribution >= 4 is 27.5 Å². The lowest BCUT2D eigenvalue weighted by atomic mass is 10.1. The molecule has 0 unspecified atom stereocenters. The minimum atomic E-state index is -4.15. The minimum absolute atomic E-state index is 0.0156. The molecule has 2 amide bonds. The number of rotatable bonds is 14. The van der Waals surface area contributed by atoms with Crippen molar-refractivity contribution in [3.8, 4) is 11.5 Å². The van der Waals surface area contributed by atoms with E-state index in [0.717, 1.165) is 16.3 Å². The van der Waals surface area contributed by atoms with Crippen LogP contribution in [0.4, 0.5) is 5.69 Å². The van der Waals surface area contributed by atoms with Crippen LogP contribution in [-0.2, 0) is 26.2 Å². The Balaban J connectivity index is 1.98. The number of carbonyl (C=O) groups is 2. The molecule has 0 saturated carbocycles. The van der Waals surface area contributed by atoms with Gasteiger partial charge in [0.2, 0.25) is 11.8 Å². The Hall–Kier alpha value is -4.05. The first-order chi connectivity index (χ1) is 19.6. The molecule has 0 heterocycles. The van der Waals surface area contributed by atoms with Crippen molar-refractivity contribution in [3.05, 3.63) is 84.4 Å². The van der Waals surface area contributed by atoms with Gasteiger partial charge in [0.05, 0.1) is 24.3 Å². The van der Waals surface area contributed by atoms with Crippen LogP contribution in [0, 0.1) is 0 Å². The maximum absolute atomic E-state index is 14.0. The molecule has 41 heavy (non-hydrogen) atoms. The van der Waals surface area contributed by atoms with E-state index in [1.54, 1.807) is 68.6 Å². The first-order valence-corrected chi connectivity index (χ1v) is 15.1. The fraction of sp³-hybridized carbons (Fsp3) is 0.355. The summed E-state index contributed by atoms with van der Waals surface area (Å²) in [6.07, 6.45) is 0.729. The summed E-state index contributed by atoms with van der Waals surface area (Å²) < 4.78 is 39.6. The van der Waals surface area contributed by atoms with Crippen LogP contribution < -0.4 is 19.1 Å². The Bertz CT molecular complexity index is 1380. The number of nitrogens with one attached hydrogen (secondary N) is 1. The zero-order valence-electron chi connectivity index (χ0n) is 24.2. The molecule has 0 radical (unpaired) electrons. The largest absolute Gasteiger partial charge is 0.497 e. The van der Waals surface area contributed by atoms with E-state index in [2.05, 4.69) is 5.32 Å². The Morgan fingerprint density at radius 2 is 1.49 bits per heavy atom. The van der Waals surface area contributed by atoms with Gasteiger partial charge in [-0.2, -0.15) is 0 Å². The number of nitrogens with zero attached hydrogens (tertiary/aromatic N) is 2. The zero-order valence-corrected chi connectivity index (χ0v) is 25.1. The first kappa shape index (κ1) is 31.5. The molecule has 9 nitrogen and oxygen atoms in total. The minimum Gasteiger partial charge on any atom is -0.497 e. The summed E-state index contributed by atoms with van der Waals surface area (Å²) in [7, 11) is -2.59. The van der Waals surface area contributed by atoms with Crippen LogP contribution in [0.2, 0.25) is 0 Å². The summed E-state index contributed by atoms with van der Waals surface area (Å²) in [6.45, 7) is 7.38. The smallest absolute Gasteiger partial charge is 0.264 e. The van der Waals surface area contributed by atoms with Crippen LogP contribution in [0.3, 0.4) is 0 Å². The van der Waals surface area contributed by atoms with Crippen molar-refractivity contribution in [3.63, 3.8) is 0 Å². The molecule has 0 saturated heterocycles. The summed E-state index contributed by atoms with van der Waals surface area (Å²) in [5.41, 5.74) is 1.10. The molecule has 3 rings (SSSR count). The molecule has 0 aliphatic rings. The van der Waals surface area contributed by atoms with Gasteiger partial charge in [-0.05, 0) is 81.3 Å². The summed E-state index contributed by atoms with van der Waals surface area (Å²) in [4.78, 5) is 28.5. The van der Waals surface area contributed by atoms with Crippen LogP contribution in [0.15, 0.2) is 83.8 Å². The molecule has 220 valence electrons. The van der Waals surface area contributed by atoms with Crippen LogP contribution in [-0.4, -0.2) is 57.5 Å². The molecule has 0 fully saturated rings. The second kappa shape index (κ2) is 14.5. The molecule has 0 bridgehead atoms. The lowest BCUT2D eigenvalue weighted by Gasteiger charge is -2.32. The van der Waals surface area contributed by atoms with E-state index in [1.807, 2.05) is 32.9 Å². The van der Waals surface area contributed by atoms with Crippen molar-refractivity contribution in [2.75, 3.05) is 24.6 Å². The lowest BCUT2D eigenvalue weighted by molar-refractivity contribution is -0.139. The predicted molar refractivity (Wildman–Crippen MR) is 159 cm³/mol. The van der Waals surface area contributed by atoms with E-state index < -0.39 is 28.5 Å². The van der Waals surface area contributed by atoms with E-state index in [9.17, 15) is 18.0 Å². The number of hydrogen-bond acceptors (Lipinski definition) is 6. The van der Waals surface area contributed by atoms with Gasteiger partial charge in [-0.15, -0.1) is 0 Å². The first-order valence-electron chi connectivity index (χ1n) is 13.6. The number of methoxy groups -OCH3 is 1. The number of anilines is 1. The van der Waals surface area contributed by atoms with Gasteiger partial charge < -0.3 is 19.7 Å². The second-order valence-corrected chi connectivity index (χ2v) is 11.5. The van der Waals surface area contributed by atoms with Gasteiger partial charge >= 0.3 is 0 Å². The van der Waals surface area contributed by atoms with Crippen LogP contribution in [0.5, 0.6) is 11.5 Å². The predicted octanol–water partition coefficient (Wildman–Crippen LogP) is 4.62. The fourth-order valence-corrected chi connectivity index (χ4v) is 5.51. The fourth-order valence-electron chi connectivity index (χ4n) is 4.10. The van der Waals surface area contributed by atoms with Gasteiger partial charge in [-0.3, -0.25) is 13.9 Å². The highest BCUT2D eigenvalue weighted by Gasteiger charge is 2.32. The maximum Gasteiger partial charge on any atom is 0.264 e. The molecule has 0 aliphatic heterocycles. The molecule has 0 aliphatic carbocycles. The quantitative estimate of drug-likeness (QED) is 0.298. The Kier molecular flexibility index (Phi) is 11.2. The third kappa shape index (κ3) is 8.23. The van der Waals surface area contributed by atoms with Gasteiger partial charge in [-0.1, -0.05) is 37.3 Å². The SMILES string of the molecule is CCOc1ccc(S(=O)(=O)N(CC(=O)N(Cc2ccc(OC)cc2)[C@@H](C)C(=O)N[C@@H](C)CC)c2ccccc2)cc1. The summed E-state index contributed by atoms with van der Waals surface area (Å²) >= 11 is 0. The molecule has 10 heteroatoms. The van der Waals surface area contributed by atoms with E-state index >= 15 is 0 Å². The molecule has 1 N–H and O–H groups in total. The third-order valence-electron chi connectivity index (χ3n) is 6.73. The second-order valence-electron chi connectivity index (χ2n) is 9.62. The topological polar surface area (TPSA) is 105 Å². The highest BCUT2D eigenvalue weighted by molar-refractivity contribution is 7.92. The summed E-state index contributed by atoms with van der Waals surface area (Å²) in [5, 5.41) is 2.93. The Morgan fingerprint density at radius 3 is 2.05 bits per heavy atom. The number of amides is 2. The van der Waals surface area contributed by atoms with Crippen LogP contribution in [0.1, 0.15) is 39.7 Å². The maximum atomic E-state index is 14.0. The van der Waals surface area contributed by atoms with E-state index in [1.165, 1.54) is 17.0 Å². The number of carbonyl (C=O) groups excluding carboxylic acids is 2. The Labute approximate surface area is 243 Å². The summed E-state index contributed by atoms with van der Waals surface area (Å²) in [5.74, 6) is 0.360. The lowest BCUT2D eigenvalue weighted by Crippen LogP contribution is -2.52. The number of ether oxygens (including phenoxy) is 2. The van der Waals surface area contributed by atoms with Gasteiger partial charge in [0, 0.05) is 12.6 Å². The number of hydrogen-bond donors (Lipinski definition) is 1. The van der Waals surface area contributed by atoms with Gasteiger partial charge in [0.1, 0.15) is 24.1 Å². The standard InChI is InChI=1S/C31H39N3O6S/c1-6-23(3)32-31(36)24(4)33(21-25-13-15-27(39-5)16-14-25)30(35)22-34(26-11-9-8-10-12-26)41(37,38)29-19-17-28(18-20-29)40-7-2/h8-20,23-24H,6-7,21-22H2,1-5H3,(H,32,36)/t23-,24-/m0/s1. The average Bonchev–Trinajstić information content (AvgIpc) is 2.99. The van der Waals surface area contributed by atoms with Crippen LogP contribution >= 0.6 is 0 Å². The van der Waals surface area contributed by atoms with E-state index in [-0.39, 0.29) is 23.4 Å². The highest BCUT2D eigenvalue weighted by atomic mass is 32.2. The molecule has 2 atom stereocenters. The van der Waals surface area contributed by atoms with Crippen molar-refractivity contribution in [2.24, 2.45) is 0 Å². The molecular weight excluding hydrogens is 542 g/mol. The number of para-hydroxylation sites is 1. The molecule has 0 spiro atoms. The summed E-state index contributed by atoms with van der Waals surface area (Å²) in [6, 6.07) is 20.7. The van der Waals surface area contributed by atoms with Crippen molar-refractivity contribution < 1.29 is 27.5 Å². The van der Waals surface area contributed by atoms with Crippen molar-refractivity contribution in [2.45, 2.75) is 57.6 Å². The van der Waals surface area contributed by atoms with Gasteiger partial charge in [-0.25, -0.2) is 8.42 Å². The molecule has 0 aromatic heterocycles. The van der Waals surface area contributed by atoms with Crippen molar-refractivity contribution in [1.82, 2.24) is 10.2 Å². The zero-order chi connectivity index (χ0) is 30.0. The molecule has 3 aromatic rings. The Morgan fingerprint density at radius 1 is 0.878 bits per heavy atom. The average molecular weight is 582 g/mol. The number of benzene rings is 3. The number of sulfonamides is 1. The van der Waals surface area contributed by atoms with Gasteiger partial charge in [0.15, 0.2) is 0 Å². The molecular formula is C31H39N3O6S. The van der Waals surface area contributed by atoms with E-state index in [4.69, 9.17) is 9.47 Å². The van der Waals surface area contributed by atoms with Gasteiger partial charge in [0.25, 0.3) is 10.0 Å². The molecule has 3 aromatic carbocycles.